The molecule has 0 saturated carbocycles. The maximum absolute atomic E-state index is 5.39. The maximum atomic E-state index is 5.39. The number of aliphatic imine (C=N–C) groups is 1. The van der Waals surface area contributed by atoms with Gasteiger partial charge in [0.1, 0.15) is 5.75 Å². The normalized spacial score (nSPS) is 17.5. The molecule has 1 atom stereocenters. The van der Waals surface area contributed by atoms with E-state index >= 15 is 0 Å². The Hall–Kier alpha value is -0.630. The molecule has 0 bridgehead atoms. The monoisotopic (exact) mass is 449 g/mol. The first-order valence-electron chi connectivity index (χ1n) is 8.09. The molecule has 1 fully saturated rings. The minimum absolute atomic E-state index is 0. The summed E-state index contributed by atoms with van der Waals surface area (Å²) in [6.07, 6.45) is 3.56. The third kappa shape index (κ3) is 7.20. The average Bonchev–Trinajstić information content (AvgIpc) is 3.06. The second kappa shape index (κ2) is 11.8. The SMILES string of the molecule is CCNC(=NCC1CCCS1)NCCc1ccccc1OC.I. The lowest BCUT2D eigenvalue weighted by Crippen LogP contribution is -2.38. The lowest BCUT2D eigenvalue weighted by atomic mass is 10.1. The zero-order chi connectivity index (χ0) is 15.6. The number of methoxy groups -OCH3 is 1. The van der Waals surface area contributed by atoms with E-state index in [1.807, 2.05) is 23.9 Å². The van der Waals surface area contributed by atoms with Crippen LogP contribution in [0.15, 0.2) is 29.3 Å². The van der Waals surface area contributed by atoms with Crippen LogP contribution in [0.4, 0.5) is 0 Å². The van der Waals surface area contributed by atoms with Gasteiger partial charge in [-0.3, -0.25) is 4.99 Å². The number of para-hydroxylation sites is 1. The number of guanidine groups is 1. The van der Waals surface area contributed by atoms with Gasteiger partial charge in [0.2, 0.25) is 0 Å². The Balaban J connectivity index is 0.00000264. The molecule has 0 aromatic heterocycles. The van der Waals surface area contributed by atoms with Crippen LogP contribution < -0.4 is 15.4 Å². The molecule has 1 heterocycles. The number of thioether (sulfide) groups is 1. The zero-order valence-corrected chi connectivity index (χ0v) is 17.2. The lowest BCUT2D eigenvalue weighted by Gasteiger charge is -2.13. The minimum Gasteiger partial charge on any atom is -0.496 e. The van der Waals surface area contributed by atoms with Crippen molar-refractivity contribution in [2.75, 3.05) is 32.5 Å². The van der Waals surface area contributed by atoms with Crippen LogP contribution in [0.25, 0.3) is 0 Å². The van der Waals surface area contributed by atoms with Crippen molar-refractivity contribution < 1.29 is 4.74 Å². The van der Waals surface area contributed by atoms with Crippen molar-refractivity contribution in [2.45, 2.75) is 31.4 Å². The molecule has 2 rings (SSSR count). The van der Waals surface area contributed by atoms with E-state index in [9.17, 15) is 0 Å². The van der Waals surface area contributed by atoms with Crippen molar-refractivity contribution in [1.82, 2.24) is 10.6 Å². The fraction of sp³-hybridized carbons (Fsp3) is 0.588. The molecule has 23 heavy (non-hydrogen) atoms. The van der Waals surface area contributed by atoms with E-state index in [4.69, 9.17) is 9.73 Å². The van der Waals surface area contributed by atoms with Crippen molar-refractivity contribution in [3.05, 3.63) is 29.8 Å². The largest absolute Gasteiger partial charge is 0.496 e. The molecule has 2 N–H and O–H groups in total. The zero-order valence-electron chi connectivity index (χ0n) is 14.0. The van der Waals surface area contributed by atoms with Crippen LogP contribution in [0.1, 0.15) is 25.3 Å². The van der Waals surface area contributed by atoms with Gasteiger partial charge in [0.05, 0.1) is 13.7 Å². The number of nitrogens with one attached hydrogen (secondary N) is 2. The standard InChI is InChI=1S/C17H27N3OS.HI/c1-3-18-17(20-13-15-8-6-12-22-15)19-11-10-14-7-4-5-9-16(14)21-2;/h4-5,7,9,15H,3,6,8,10-13H2,1-2H3,(H2,18,19,20);1H. The van der Waals surface area contributed by atoms with Gasteiger partial charge in [-0.15, -0.1) is 24.0 Å². The number of benzene rings is 1. The van der Waals surface area contributed by atoms with E-state index in [2.05, 4.69) is 29.7 Å². The number of ether oxygens (including phenoxy) is 1. The fourth-order valence-corrected chi connectivity index (χ4v) is 3.73. The predicted molar refractivity (Wildman–Crippen MR) is 112 cm³/mol. The van der Waals surface area contributed by atoms with Crippen molar-refractivity contribution in [1.29, 1.82) is 0 Å². The van der Waals surface area contributed by atoms with Gasteiger partial charge >= 0.3 is 0 Å². The number of hydrogen-bond donors (Lipinski definition) is 2. The van der Waals surface area contributed by atoms with Gasteiger partial charge in [-0.25, -0.2) is 0 Å². The highest BCUT2D eigenvalue weighted by Gasteiger charge is 2.14. The van der Waals surface area contributed by atoms with Gasteiger partial charge in [0, 0.05) is 18.3 Å². The highest BCUT2D eigenvalue weighted by atomic mass is 127. The van der Waals surface area contributed by atoms with Gasteiger partial charge in [0.15, 0.2) is 5.96 Å². The highest BCUT2D eigenvalue weighted by Crippen LogP contribution is 2.26. The summed E-state index contributed by atoms with van der Waals surface area (Å²) < 4.78 is 5.39. The van der Waals surface area contributed by atoms with E-state index in [-0.39, 0.29) is 24.0 Å². The molecule has 1 unspecified atom stereocenters. The molecule has 0 amide bonds. The number of halogens is 1. The minimum atomic E-state index is 0. The molecular formula is C17H28IN3OS. The second-order valence-electron chi connectivity index (χ2n) is 5.34. The third-order valence-electron chi connectivity index (χ3n) is 3.70. The molecule has 1 saturated heterocycles. The summed E-state index contributed by atoms with van der Waals surface area (Å²) in [7, 11) is 1.72. The topological polar surface area (TPSA) is 45.7 Å². The Bertz CT molecular complexity index is 479. The number of nitrogens with zero attached hydrogens (tertiary/aromatic N) is 1. The quantitative estimate of drug-likeness (QED) is 0.381. The number of rotatable bonds is 7. The molecule has 1 aliphatic heterocycles. The second-order valence-corrected chi connectivity index (χ2v) is 6.75. The molecule has 0 radical (unpaired) electrons. The first-order chi connectivity index (χ1) is 10.8. The molecule has 1 aliphatic rings. The molecule has 0 aliphatic carbocycles. The van der Waals surface area contributed by atoms with E-state index in [0.29, 0.717) is 5.25 Å². The van der Waals surface area contributed by atoms with Crippen molar-refractivity contribution in [2.24, 2.45) is 4.99 Å². The van der Waals surface area contributed by atoms with Crippen LogP contribution in [-0.4, -0.2) is 43.7 Å². The molecular weight excluding hydrogens is 421 g/mol. The Morgan fingerprint density at radius 1 is 1.35 bits per heavy atom. The maximum Gasteiger partial charge on any atom is 0.191 e. The smallest absolute Gasteiger partial charge is 0.191 e. The van der Waals surface area contributed by atoms with Gasteiger partial charge < -0.3 is 15.4 Å². The van der Waals surface area contributed by atoms with Crippen molar-refractivity contribution in [3.8, 4) is 5.75 Å². The summed E-state index contributed by atoms with van der Waals surface area (Å²) in [5.74, 6) is 3.16. The Kier molecular flexibility index (Phi) is 10.5. The third-order valence-corrected chi connectivity index (χ3v) is 5.08. The average molecular weight is 449 g/mol. The Morgan fingerprint density at radius 3 is 2.87 bits per heavy atom. The van der Waals surface area contributed by atoms with Crippen LogP contribution in [0.2, 0.25) is 0 Å². The number of hydrogen-bond acceptors (Lipinski definition) is 3. The first kappa shape index (κ1) is 20.4. The predicted octanol–water partition coefficient (Wildman–Crippen LogP) is 3.31. The first-order valence-corrected chi connectivity index (χ1v) is 9.14. The van der Waals surface area contributed by atoms with Gasteiger partial charge in [0.25, 0.3) is 0 Å². The Labute approximate surface area is 161 Å². The van der Waals surface area contributed by atoms with Crippen LogP contribution >= 0.6 is 35.7 Å². The summed E-state index contributed by atoms with van der Waals surface area (Å²) in [6.45, 7) is 4.75. The summed E-state index contributed by atoms with van der Waals surface area (Å²) >= 11 is 2.05. The highest BCUT2D eigenvalue weighted by molar-refractivity contribution is 14.0. The molecule has 6 heteroatoms. The van der Waals surface area contributed by atoms with Crippen LogP contribution in [0.5, 0.6) is 5.75 Å². The van der Waals surface area contributed by atoms with Crippen molar-refractivity contribution in [3.63, 3.8) is 0 Å². The van der Waals surface area contributed by atoms with E-state index in [0.717, 1.165) is 37.8 Å². The Morgan fingerprint density at radius 2 is 2.17 bits per heavy atom. The van der Waals surface area contributed by atoms with Gasteiger partial charge in [-0.05, 0) is 43.6 Å². The summed E-state index contributed by atoms with van der Waals surface area (Å²) in [6, 6.07) is 8.17. The molecule has 130 valence electrons. The van der Waals surface area contributed by atoms with Crippen LogP contribution in [0, 0.1) is 0 Å². The van der Waals surface area contributed by atoms with Gasteiger partial charge in [-0.1, -0.05) is 18.2 Å². The lowest BCUT2D eigenvalue weighted by molar-refractivity contribution is 0.409. The summed E-state index contributed by atoms with van der Waals surface area (Å²) in [5.41, 5.74) is 1.22. The van der Waals surface area contributed by atoms with E-state index < -0.39 is 0 Å². The summed E-state index contributed by atoms with van der Waals surface area (Å²) in [5, 5.41) is 7.44. The van der Waals surface area contributed by atoms with E-state index in [1.165, 1.54) is 24.2 Å². The van der Waals surface area contributed by atoms with Crippen LogP contribution in [0.3, 0.4) is 0 Å². The molecule has 1 aromatic rings. The van der Waals surface area contributed by atoms with E-state index in [1.54, 1.807) is 7.11 Å². The van der Waals surface area contributed by atoms with Crippen molar-refractivity contribution >= 4 is 41.7 Å². The molecule has 0 spiro atoms. The fourth-order valence-electron chi connectivity index (χ4n) is 2.55. The molecule has 4 nitrogen and oxygen atoms in total. The van der Waals surface area contributed by atoms with Crippen LogP contribution in [-0.2, 0) is 6.42 Å². The van der Waals surface area contributed by atoms with Gasteiger partial charge in [-0.2, -0.15) is 11.8 Å². The molecule has 1 aromatic carbocycles. The summed E-state index contributed by atoms with van der Waals surface area (Å²) in [4.78, 5) is 4.71.